The van der Waals surface area contributed by atoms with Crippen LogP contribution in [0.5, 0.6) is 5.75 Å². The zero-order valence-corrected chi connectivity index (χ0v) is 14.7. The molecule has 0 bridgehead atoms. The predicted molar refractivity (Wildman–Crippen MR) is 96.4 cm³/mol. The molecule has 0 atom stereocenters. The lowest BCUT2D eigenvalue weighted by Crippen LogP contribution is -2.12. The third-order valence-electron chi connectivity index (χ3n) is 4.17. The molecule has 3 rings (SSSR count). The Bertz CT molecular complexity index is 943. The van der Waals surface area contributed by atoms with Crippen molar-refractivity contribution in [3.8, 4) is 5.75 Å². The second-order valence-corrected chi connectivity index (χ2v) is 6.22. The molecule has 0 fully saturated rings. The molecule has 0 spiro atoms. The molecule has 0 radical (unpaired) electrons. The van der Waals surface area contributed by atoms with Gasteiger partial charge in [0, 0.05) is 16.0 Å². The van der Waals surface area contributed by atoms with E-state index in [-0.39, 0.29) is 11.7 Å². The Hall–Kier alpha value is -2.46. The topological polar surface area (TPSA) is 51.5 Å². The van der Waals surface area contributed by atoms with Crippen LogP contribution >= 0.6 is 11.6 Å². The first-order valence-corrected chi connectivity index (χ1v) is 7.93. The number of fused-ring (bicyclic) bond motifs is 1. The van der Waals surface area contributed by atoms with Gasteiger partial charge in [0.1, 0.15) is 11.3 Å². The van der Waals surface area contributed by atoms with E-state index in [2.05, 4.69) is 5.32 Å². The summed E-state index contributed by atoms with van der Waals surface area (Å²) in [5, 5.41) is 4.27. The number of methoxy groups -OCH3 is 1. The number of halogens is 1. The molecule has 1 N–H and O–H groups in total. The highest BCUT2D eigenvalue weighted by atomic mass is 35.5. The van der Waals surface area contributed by atoms with E-state index in [4.69, 9.17) is 20.8 Å². The number of ether oxygens (including phenoxy) is 1. The smallest absolute Gasteiger partial charge is 0.291 e. The molecule has 3 aromatic rings. The first-order valence-electron chi connectivity index (χ1n) is 7.56. The number of furan rings is 1. The molecule has 5 heteroatoms. The van der Waals surface area contributed by atoms with Crippen LogP contribution < -0.4 is 10.1 Å². The summed E-state index contributed by atoms with van der Waals surface area (Å²) in [5.41, 5.74) is 4.31. The molecule has 1 amide bonds. The summed E-state index contributed by atoms with van der Waals surface area (Å²) in [7, 11) is 1.54. The minimum Gasteiger partial charge on any atom is -0.495 e. The molecule has 0 saturated carbocycles. The van der Waals surface area contributed by atoms with E-state index in [1.807, 2.05) is 32.9 Å². The quantitative estimate of drug-likeness (QED) is 0.704. The fourth-order valence-corrected chi connectivity index (χ4v) is 2.82. The standard InChI is InChI=1S/C19H18ClNO3/c1-10-7-14-12(3)18(24-17(14)8-11(10)2)19(22)21-15-9-13(20)5-6-16(15)23-4/h5-9H,1-4H3,(H,21,22). The number of carbonyl (C=O) groups excluding carboxylic acids is 1. The molecular formula is C19H18ClNO3. The first-order chi connectivity index (χ1) is 11.4. The van der Waals surface area contributed by atoms with E-state index in [1.165, 1.54) is 7.11 Å². The molecule has 24 heavy (non-hydrogen) atoms. The summed E-state index contributed by atoms with van der Waals surface area (Å²) in [6, 6.07) is 9.05. The Morgan fingerprint density at radius 3 is 2.54 bits per heavy atom. The number of amides is 1. The van der Waals surface area contributed by atoms with Crippen LogP contribution in [0.25, 0.3) is 11.0 Å². The molecule has 0 aliphatic rings. The van der Waals surface area contributed by atoms with Crippen LogP contribution in [-0.4, -0.2) is 13.0 Å². The number of nitrogens with one attached hydrogen (secondary N) is 1. The Balaban J connectivity index is 2.00. The van der Waals surface area contributed by atoms with E-state index in [9.17, 15) is 4.79 Å². The maximum atomic E-state index is 12.7. The van der Waals surface area contributed by atoms with Crippen LogP contribution in [0.3, 0.4) is 0 Å². The third kappa shape index (κ3) is 2.85. The lowest BCUT2D eigenvalue weighted by Gasteiger charge is -2.09. The van der Waals surface area contributed by atoms with Gasteiger partial charge in [0.2, 0.25) is 0 Å². The number of benzene rings is 2. The predicted octanol–water partition coefficient (Wildman–Crippen LogP) is 5.27. The molecule has 0 unspecified atom stereocenters. The van der Waals surface area contributed by atoms with Crippen molar-refractivity contribution in [3.63, 3.8) is 0 Å². The van der Waals surface area contributed by atoms with Crippen molar-refractivity contribution < 1.29 is 13.9 Å². The summed E-state index contributed by atoms with van der Waals surface area (Å²) in [6.45, 7) is 5.94. The van der Waals surface area contributed by atoms with E-state index in [0.717, 1.165) is 22.1 Å². The van der Waals surface area contributed by atoms with Crippen molar-refractivity contribution in [1.82, 2.24) is 0 Å². The average Bonchev–Trinajstić information content (AvgIpc) is 2.85. The Morgan fingerprint density at radius 1 is 1.12 bits per heavy atom. The van der Waals surface area contributed by atoms with Crippen molar-refractivity contribution in [3.05, 3.63) is 57.8 Å². The van der Waals surface area contributed by atoms with Crippen molar-refractivity contribution in [2.75, 3.05) is 12.4 Å². The van der Waals surface area contributed by atoms with Gasteiger partial charge in [0.05, 0.1) is 12.8 Å². The number of rotatable bonds is 3. The third-order valence-corrected chi connectivity index (χ3v) is 4.40. The maximum Gasteiger partial charge on any atom is 0.291 e. The number of aryl methyl sites for hydroxylation is 3. The number of hydrogen-bond donors (Lipinski definition) is 1. The van der Waals surface area contributed by atoms with Crippen LogP contribution in [0, 0.1) is 20.8 Å². The first kappa shape index (κ1) is 16.4. The summed E-state index contributed by atoms with van der Waals surface area (Å²) >= 11 is 6.00. The second kappa shape index (κ2) is 6.21. The second-order valence-electron chi connectivity index (χ2n) is 5.79. The number of anilines is 1. The Morgan fingerprint density at radius 2 is 1.83 bits per heavy atom. The monoisotopic (exact) mass is 343 g/mol. The summed E-state index contributed by atoms with van der Waals surface area (Å²) in [6.07, 6.45) is 0. The van der Waals surface area contributed by atoms with E-state index < -0.39 is 0 Å². The van der Waals surface area contributed by atoms with Crippen LogP contribution in [-0.2, 0) is 0 Å². The number of hydrogen-bond acceptors (Lipinski definition) is 3. The summed E-state index contributed by atoms with van der Waals surface area (Å²) in [5.74, 6) is 0.491. The zero-order chi connectivity index (χ0) is 17.4. The van der Waals surface area contributed by atoms with Crippen LogP contribution in [0.2, 0.25) is 5.02 Å². The van der Waals surface area contributed by atoms with Gasteiger partial charge in [-0.25, -0.2) is 0 Å². The zero-order valence-electron chi connectivity index (χ0n) is 14.0. The molecule has 2 aromatic carbocycles. The highest BCUT2D eigenvalue weighted by Gasteiger charge is 2.19. The van der Waals surface area contributed by atoms with Gasteiger partial charge in [-0.15, -0.1) is 0 Å². The van der Waals surface area contributed by atoms with Crippen molar-refractivity contribution >= 4 is 34.2 Å². The summed E-state index contributed by atoms with van der Waals surface area (Å²) in [4.78, 5) is 12.7. The van der Waals surface area contributed by atoms with E-state index >= 15 is 0 Å². The molecule has 0 aliphatic carbocycles. The largest absolute Gasteiger partial charge is 0.495 e. The van der Waals surface area contributed by atoms with Crippen LogP contribution in [0.4, 0.5) is 5.69 Å². The van der Waals surface area contributed by atoms with Crippen LogP contribution in [0.15, 0.2) is 34.7 Å². The molecule has 1 heterocycles. The van der Waals surface area contributed by atoms with Crippen LogP contribution in [0.1, 0.15) is 27.2 Å². The van der Waals surface area contributed by atoms with Gasteiger partial charge in [-0.05, 0) is 62.2 Å². The molecular weight excluding hydrogens is 326 g/mol. The number of carbonyl (C=O) groups is 1. The van der Waals surface area contributed by atoms with Gasteiger partial charge < -0.3 is 14.5 Å². The molecule has 0 aliphatic heterocycles. The minimum absolute atomic E-state index is 0.289. The lowest BCUT2D eigenvalue weighted by atomic mass is 10.0. The Kier molecular flexibility index (Phi) is 4.24. The summed E-state index contributed by atoms with van der Waals surface area (Å²) < 4.78 is 11.0. The van der Waals surface area contributed by atoms with Gasteiger partial charge in [-0.3, -0.25) is 4.79 Å². The molecule has 4 nitrogen and oxygen atoms in total. The fraction of sp³-hybridized carbons (Fsp3) is 0.211. The van der Waals surface area contributed by atoms with Gasteiger partial charge in [-0.1, -0.05) is 11.6 Å². The average molecular weight is 344 g/mol. The van der Waals surface area contributed by atoms with Crippen molar-refractivity contribution in [2.24, 2.45) is 0 Å². The lowest BCUT2D eigenvalue weighted by molar-refractivity contribution is 0.0997. The minimum atomic E-state index is -0.334. The van der Waals surface area contributed by atoms with Gasteiger partial charge in [-0.2, -0.15) is 0 Å². The molecule has 0 saturated heterocycles. The van der Waals surface area contributed by atoms with Crippen molar-refractivity contribution in [1.29, 1.82) is 0 Å². The van der Waals surface area contributed by atoms with Gasteiger partial charge in [0.15, 0.2) is 5.76 Å². The highest BCUT2D eigenvalue weighted by Crippen LogP contribution is 2.31. The Labute approximate surface area is 145 Å². The molecule has 124 valence electrons. The van der Waals surface area contributed by atoms with E-state index in [1.54, 1.807) is 18.2 Å². The SMILES string of the molecule is COc1ccc(Cl)cc1NC(=O)c1oc2cc(C)c(C)cc2c1C. The normalized spacial score (nSPS) is 10.9. The van der Waals surface area contributed by atoms with Crippen molar-refractivity contribution in [2.45, 2.75) is 20.8 Å². The van der Waals surface area contributed by atoms with E-state index in [0.29, 0.717) is 22.0 Å². The fourth-order valence-electron chi connectivity index (χ4n) is 2.65. The van der Waals surface area contributed by atoms with Gasteiger partial charge >= 0.3 is 0 Å². The van der Waals surface area contributed by atoms with Gasteiger partial charge in [0.25, 0.3) is 5.91 Å². The molecule has 1 aromatic heterocycles. The highest BCUT2D eigenvalue weighted by molar-refractivity contribution is 6.31. The maximum absolute atomic E-state index is 12.7.